The number of β-amino-alcohol motifs (C(OH)–C–C–N with tert-alkyl or cyclic N) is 1. The first kappa shape index (κ1) is 13.6. The van der Waals surface area contributed by atoms with E-state index >= 15 is 0 Å². The van der Waals surface area contributed by atoms with E-state index in [2.05, 4.69) is 15.9 Å². The summed E-state index contributed by atoms with van der Waals surface area (Å²) in [5.74, 6) is 0.176. The van der Waals surface area contributed by atoms with Gasteiger partial charge in [0.25, 0.3) is 0 Å². The Morgan fingerprint density at radius 2 is 2.17 bits per heavy atom. The van der Waals surface area contributed by atoms with Crippen molar-refractivity contribution < 1.29 is 9.90 Å². The van der Waals surface area contributed by atoms with Gasteiger partial charge in [-0.2, -0.15) is 0 Å². The molecule has 1 aromatic carbocycles. The summed E-state index contributed by atoms with van der Waals surface area (Å²) in [7, 11) is 0. The Morgan fingerprint density at radius 3 is 2.72 bits per heavy atom. The predicted molar refractivity (Wildman–Crippen MR) is 74.2 cm³/mol. The number of carbonyl (C=O) groups is 1. The van der Waals surface area contributed by atoms with Gasteiger partial charge < -0.3 is 10.0 Å². The average molecular weight is 312 g/mol. The number of likely N-dealkylation sites (tertiary alicyclic amines) is 1. The number of aliphatic hydroxyl groups is 1. The molecule has 1 fully saturated rings. The van der Waals surface area contributed by atoms with Gasteiger partial charge in [-0.15, -0.1) is 0 Å². The Hall–Kier alpha value is -0.870. The highest BCUT2D eigenvalue weighted by Gasteiger charge is 2.32. The fourth-order valence-electron chi connectivity index (χ4n) is 2.23. The number of nitrogens with zero attached hydrogens (tertiary/aromatic N) is 1. The first-order valence-electron chi connectivity index (χ1n) is 6.32. The Morgan fingerprint density at radius 1 is 1.50 bits per heavy atom. The maximum absolute atomic E-state index is 12.2. The predicted octanol–water partition coefficient (Wildman–Crippen LogP) is 2.22. The third-order valence-electron chi connectivity index (χ3n) is 3.44. The van der Waals surface area contributed by atoms with Crippen LogP contribution in [-0.4, -0.2) is 35.1 Å². The van der Waals surface area contributed by atoms with Crippen LogP contribution in [0.4, 0.5) is 0 Å². The molecule has 1 aliphatic rings. The first-order chi connectivity index (χ1) is 8.61. The summed E-state index contributed by atoms with van der Waals surface area (Å²) in [5.41, 5.74) is 1.17. The summed E-state index contributed by atoms with van der Waals surface area (Å²) in [4.78, 5) is 14.0. The van der Waals surface area contributed by atoms with Crippen molar-refractivity contribution in [3.8, 4) is 0 Å². The lowest BCUT2D eigenvalue weighted by molar-refractivity contribution is -0.145. The molecule has 3 nitrogen and oxygen atoms in total. The highest BCUT2D eigenvalue weighted by atomic mass is 79.9. The third kappa shape index (κ3) is 2.93. The van der Waals surface area contributed by atoms with Crippen LogP contribution in [0, 0.1) is 5.92 Å². The van der Waals surface area contributed by atoms with Gasteiger partial charge in [0.15, 0.2) is 0 Å². The highest BCUT2D eigenvalue weighted by Crippen LogP contribution is 2.23. The van der Waals surface area contributed by atoms with Gasteiger partial charge in [0, 0.05) is 23.5 Å². The van der Waals surface area contributed by atoms with Crippen LogP contribution in [-0.2, 0) is 11.2 Å². The van der Waals surface area contributed by atoms with Gasteiger partial charge in [0.1, 0.15) is 0 Å². The fraction of sp³-hybridized carbons (Fsp3) is 0.500. The maximum Gasteiger partial charge on any atom is 0.226 e. The summed E-state index contributed by atoms with van der Waals surface area (Å²) in [6.07, 6.45) is 1.26. The van der Waals surface area contributed by atoms with Crippen molar-refractivity contribution in [1.29, 1.82) is 0 Å². The molecule has 2 rings (SSSR count). The molecular weight excluding hydrogens is 294 g/mol. The summed E-state index contributed by atoms with van der Waals surface area (Å²) in [5, 5.41) is 9.25. The number of benzene rings is 1. The van der Waals surface area contributed by atoms with E-state index in [1.807, 2.05) is 31.2 Å². The Bertz CT molecular complexity index is 430. The number of rotatable bonds is 4. The van der Waals surface area contributed by atoms with Crippen molar-refractivity contribution >= 4 is 21.8 Å². The van der Waals surface area contributed by atoms with E-state index in [1.165, 1.54) is 5.56 Å². The molecule has 1 amide bonds. The monoisotopic (exact) mass is 311 g/mol. The number of carbonyl (C=O) groups excluding carboxylic acids is 1. The van der Waals surface area contributed by atoms with Crippen LogP contribution in [0.5, 0.6) is 0 Å². The molecule has 98 valence electrons. The quantitative estimate of drug-likeness (QED) is 0.926. The minimum atomic E-state index is -0.324. The van der Waals surface area contributed by atoms with E-state index in [-0.39, 0.29) is 17.9 Å². The minimum Gasteiger partial charge on any atom is -0.389 e. The first-order valence-corrected chi connectivity index (χ1v) is 7.11. The zero-order chi connectivity index (χ0) is 13.1. The van der Waals surface area contributed by atoms with Crippen LogP contribution in [0.3, 0.4) is 0 Å². The topological polar surface area (TPSA) is 40.5 Å². The molecule has 1 atom stereocenters. The zero-order valence-electron chi connectivity index (χ0n) is 10.5. The van der Waals surface area contributed by atoms with Crippen LogP contribution >= 0.6 is 15.9 Å². The molecule has 0 aliphatic carbocycles. The van der Waals surface area contributed by atoms with E-state index in [0.717, 1.165) is 17.3 Å². The smallest absolute Gasteiger partial charge is 0.226 e. The number of hydrogen-bond donors (Lipinski definition) is 1. The molecule has 0 aromatic heterocycles. The molecule has 18 heavy (non-hydrogen) atoms. The Labute approximate surface area is 116 Å². The summed E-state index contributed by atoms with van der Waals surface area (Å²) >= 11 is 3.52. The van der Waals surface area contributed by atoms with Gasteiger partial charge in [0.05, 0.1) is 6.10 Å². The van der Waals surface area contributed by atoms with Crippen LogP contribution in [0.1, 0.15) is 18.9 Å². The molecule has 1 saturated heterocycles. The number of hydrogen-bond acceptors (Lipinski definition) is 2. The Kier molecular flexibility index (Phi) is 4.40. The second-order valence-electron chi connectivity index (χ2n) is 4.80. The van der Waals surface area contributed by atoms with E-state index in [0.29, 0.717) is 13.1 Å². The van der Waals surface area contributed by atoms with Crippen molar-refractivity contribution in [2.24, 2.45) is 5.92 Å². The normalized spacial score (nSPS) is 17.4. The molecule has 0 saturated carbocycles. The molecule has 1 N–H and O–H groups in total. The average Bonchev–Trinajstić information content (AvgIpc) is 2.33. The molecule has 1 aliphatic heterocycles. The lowest BCUT2D eigenvalue weighted by atomic mass is 9.94. The van der Waals surface area contributed by atoms with Crippen molar-refractivity contribution in [1.82, 2.24) is 4.90 Å². The van der Waals surface area contributed by atoms with Crippen LogP contribution in [0.15, 0.2) is 28.7 Å². The molecule has 0 radical (unpaired) electrons. The number of amides is 1. The van der Waals surface area contributed by atoms with E-state index < -0.39 is 0 Å². The number of halogens is 1. The second kappa shape index (κ2) is 5.85. The summed E-state index contributed by atoms with van der Waals surface area (Å²) in [6.45, 7) is 3.02. The van der Waals surface area contributed by atoms with Crippen molar-refractivity contribution in [3.63, 3.8) is 0 Å². The van der Waals surface area contributed by atoms with Crippen molar-refractivity contribution in [3.05, 3.63) is 34.3 Å². The van der Waals surface area contributed by atoms with Crippen molar-refractivity contribution in [2.45, 2.75) is 25.9 Å². The molecule has 4 heteroatoms. The molecular formula is C14H18BrNO2. The fourth-order valence-corrected chi connectivity index (χ4v) is 2.68. The third-order valence-corrected chi connectivity index (χ3v) is 4.21. The van der Waals surface area contributed by atoms with E-state index in [1.54, 1.807) is 4.90 Å². The van der Waals surface area contributed by atoms with Crippen LogP contribution < -0.4 is 0 Å². The van der Waals surface area contributed by atoms with E-state index in [9.17, 15) is 9.90 Å². The largest absolute Gasteiger partial charge is 0.389 e. The van der Waals surface area contributed by atoms with Gasteiger partial charge in [-0.3, -0.25) is 4.79 Å². The molecule has 0 spiro atoms. The molecule has 1 heterocycles. The van der Waals surface area contributed by atoms with Gasteiger partial charge >= 0.3 is 0 Å². The number of aliphatic hydroxyl groups excluding tert-OH is 1. The zero-order valence-corrected chi connectivity index (χ0v) is 12.1. The lowest BCUT2D eigenvalue weighted by Crippen LogP contribution is -2.55. The van der Waals surface area contributed by atoms with Gasteiger partial charge in [-0.05, 0) is 24.5 Å². The SMILES string of the molecule is CCC(Cc1ccccc1Br)C(=O)N1CC(O)C1. The standard InChI is InChI=1S/C14H18BrNO2/c1-2-10(14(18)16-8-12(17)9-16)7-11-5-3-4-6-13(11)15/h3-6,10,12,17H,2,7-9H2,1H3. The van der Waals surface area contributed by atoms with Crippen LogP contribution in [0.2, 0.25) is 0 Å². The molecule has 1 unspecified atom stereocenters. The molecule has 1 aromatic rings. The van der Waals surface area contributed by atoms with Crippen LogP contribution in [0.25, 0.3) is 0 Å². The maximum atomic E-state index is 12.2. The van der Waals surface area contributed by atoms with Gasteiger partial charge in [-0.1, -0.05) is 41.1 Å². The van der Waals surface area contributed by atoms with E-state index in [4.69, 9.17) is 0 Å². The minimum absolute atomic E-state index is 0.0104. The Balaban J connectivity index is 2.01. The van der Waals surface area contributed by atoms with Gasteiger partial charge in [0.2, 0.25) is 5.91 Å². The summed E-state index contributed by atoms with van der Waals surface area (Å²) in [6, 6.07) is 8.01. The highest BCUT2D eigenvalue weighted by molar-refractivity contribution is 9.10. The lowest BCUT2D eigenvalue weighted by Gasteiger charge is -2.38. The second-order valence-corrected chi connectivity index (χ2v) is 5.65. The van der Waals surface area contributed by atoms with Gasteiger partial charge in [-0.25, -0.2) is 0 Å². The van der Waals surface area contributed by atoms with Crippen molar-refractivity contribution in [2.75, 3.05) is 13.1 Å². The molecule has 0 bridgehead atoms. The summed E-state index contributed by atoms with van der Waals surface area (Å²) < 4.78 is 1.06.